The summed E-state index contributed by atoms with van der Waals surface area (Å²) in [5.74, 6) is -0.760. The summed E-state index contributed by atoms with van der Waals surface area (Å²) in [6.07, 6.45) is 2.83. The van der Waals surface area contributed by atoms with Crippen LogP contribution in [0.1, 0.15) is 53.9 Å². The Kier molecular flexibility index (Phi) is 5.06. The molecule has 0 fully saturated rings. The van der Waals surface area contributed by atoms with Gasteiger partial charge in [-0.25, -0.2) is 13.8 Å². The van der Waals surface area contributed by atoms with Crippen molar-refractivity contribution >= 4 is 11.3 Å². The summed E-state index contributed by atoms with van der Waals surface area (Å²) < 4.78 is 27.6. The highest BCUT2D eigenvalue weighted by Gasteiger charge is 2.18. The molecule has 0 amide bonds. The zero-order valence-electron chi connectivity index (χ0n) is 12.7. The molecule has 0 spiro atoms. The lowest BCUT2D eigenvalue weighted by atomic mass is 10.0. The molecule has 2 nitrogen and oxygen atoms in total. The summed E-state index contributed by atoms with van der Waals surface area (Å²) in [6, 6.07) is 2.22. The number of nitrogens with one attached hydrogen (secondary N) is 1. The van der Waals surface area contributed by atoms with Crippen molar-refractivity contribution in [3.05, 3.63) is 51.0 Å². The smallest absolute Gasteiger partial charge is 0.128 e. The van der Waals surface area contributed by atoms with E-state index >= 15 is 0 Å². The normalized spacial score (nSPS) is 14.2. The third-order valence-corrected chi connectivity index (χ3v) is 4.86. The Labute approximate surface area is 128 Å². The van der Waals surface area contributed by atoms with E-state index in [-0.39, 0.29) is 23.7 Å². The van der Waals surface area contributed by atoms with E-state index in [0.717, 1.165) is 11.4 Å². The summed E-state index contributed by atoms with van der Waals surface area (Å²) in [5.41, 5.74) is 0.668. The second-order valence-electron chi connectivity index (χ2n) is 5.25. The molecular weight excluding hydrogens is 290 g/mol. The van der Waals surface area contributed by atoms with Gasteiger partial charge in [-0.2, -0.15) is 0 Å². The third kappa shape index (κ3) is 3.66. The second-order valence-corrected chi connectivity index (χ2v) is 6.40. The second kappa shape index (κ2) is 6.62. The van der Waals surface area contributed by atoms with Crippen LogP contribution in [0, 0.1) is 18.6 Å². The Bertz CT molecular complexity index is 625. The van der Waals surface area contributed by atoms with Crippen LogP contribution < -0.4 is 5.32 Å². The predicted molar refractivity (Wildman–Crippen MR) is 82.6 cm³/mol. The van der Waals surface area contributed by atoms with E-state index in [1.807, 2.05) is 20.0 Å². The van der Waals surface area contributed by atoms with Crippen LogP contribution in [0.3, 0.4) is 0 Å². The number of aromatic nitrogens is 1. The fourth-order valence-electron chi connectivity index (χ4n) is 2.22. The van der Waals surface area contributed by atoms with Crippen LogP contribution in [-0.4, -0.2) is 4.98 Å². The Hall–Kier alpha value is -1.33. The van der Waals surface area contributed by atoms with E-state index in [1.54, 1.807) is 18.3 Å². The standard InChI is InChI=1S/C16H20F2N2S/c1-5-12-8-19-16(21-12)11(4)20-10(3)13-7-14(17)9(2)6-15(13)18/h6-8,10-11,20H,5H2,1-4H3. The third-order valence-electron chi connectivity index (χ3n) is 3.53. The Balaban J connectivity index is 2.13. The topological polar surface area (TPSA) is 24.9 Å². The maximum absolute atomic E-state index is 14.0. The van der Waals surface area contributed by atoms with Crippen LogP contribution in [0.25, 0.3) is 0 Å². The highest BCUT2D eigenvalue weighted by molar-refractivity contribution is 7.11. The van der Waals surface area contributed by atoms with Gasteiger partial charge in [0.2, 0.25) is 0 Å². The van der Waals surface area contributed by atoms with Crippen molar-refractivity contribution in [2.75, 3.05) is 0 Å². The minimum atomic E-state index is -0.380. The summed E-state index contributed by atoms with van der Waals surface area (Å²) in [5, 5.41) is 4.24. The summed E-state index contributed by atoms with van der Waals surface area (Å²) in [4.78, 5) is 5.60. The first-order valence-electron chi connectivity index (χ1n) is 7.08. The fourth-order valence-corrected chi connectivity index (χ4v) is 3.08. The zero-order chi connectivity index (χ0) is 15.6. The first-order valence-corrected chi connectivity index (χ1v) is 7.90. The van der Waals surface area contributed by atoms with Crippen molar-refractivity contribution in [1.82, 2.24) is 10.3 Å². The Morgan fingerprint density at radius 3 is 2.52 bits per heavy atom. The zero-order valence-corrected chi connectivity index (χ0v) is 13.5. The molecule has 1 aromatic carbocycles. The minimum absolute atomic E-state index is 0.00550. The summed E-state index contributed by atoms with van der Waals surface area (Å²) >= 11 is 1.65. The first-order chi connectivity index (χ1) is 9.92. The van der Waals surface area contributed by atoms with Crippen LogP contribution in [-0.2, 0) is 6.42 Å². The van der Waals surface area contributed by atoms with Gasteiger partial charge in [0.25, 0.3) is 0 Å². The number of halogens is 2. The molecule has 0 saturated heterocycles. The van der Waals surface area contributed by atoms with Gasteiger partial charge in [0, 0.05) is 22.7 Å². The minimum Gasteiger partial charge on any atom is -0.301 e. The van der Waals surface area contributed by atoms with Gasteiger partial charge in [-0.05, 0) is 44.9 Å². The summed E-state index contributed by atoms with van der Waals surface area (Å²) in [7, 11) is 0. The van der Waals surface area contributed by atoms with Crippen molar-refractivity contribution in [3.8, 4) is 0 Å². The molecule has 0 aliphatic heterocycles. The van der Waals surface area contributed by atoms with E-state index in [2.05, 4.69) is 17.2 Å². The van der Waals surface area contributed by atoms with Gasteiger partial charge in [0.1, 0.15) is 16.6 Å². The van der Waals surface area contributed by atoms with Crippen LogP contribution in [0.4, 0.5) is 8.78 Å². The number of hydrogen-bond acceptors (Lipinski definition) is 3. The Morgan fingerprint density at radius 2 is 1.90 bits per heavy atom. The fraction of sp³-hybridized carbons (Fsp3) is 0.438. The van der Waals surface area contributed by atoms with E-state index in [4.69, 9.17) is 0 Å². The maximum atomic E-state index is 14.0. The molecule has 2 atom stereocenters. The molecule has 2 unspecified atom stereocenters. The van der Waals surface area contributed by atoms with Crippen molar-refractivity contribution in [2.24, 2.45) is 0 Å². The Morgan fingerprint density at radius 1 is 1.19 bits per heavy atom. The van der Waals surface area contributed by atoms with E-state index in [9.17, 15) is 8.78 Å². The van der Waals surface area contributed by atoms with Crippen LogP contribution in [0.15, 0.2) is 18.3 Å². The average molecular weight is 310 g/mol. The molecule has 1 aromatic heterocycles. The monoisotopic (exact) mass is 310 g/mol. The molecule has 1 heterocycles. The van der Waals surface area contributed by atoms with Crippen molar-refractivity contribution in [1.29, 1.82) is 0 Å². The van der Waals surface area contributed by atoms with Crippen molar-refractivity contribution in [2.45, 2.75) is 46.2 Å². The van der Waals surface area contributed by atoms with E-state index in [0.29, 0.717) is 11.1 Å². The van der Waals surface area contributed by atoms with Gasteiger partial charge in [0.05, 0.1) is 6.04 Å². The van der Waals surface area contributed by atoms with Gasteiger partial charge in [-0.15, -0.1) is 11.3 Å². The van der Waals surface area contributed by atoms with Crippen molar-refractivity contribution < 1.29 is 8.78 Å². The molecule has 0 radical (unpaired) electrons. The van der Waals surface area contributed by atoms with Gasteiger partial charge in [-0.3, -0.25) is 0 Å². The SMILES string of the molecule is CCc1cnc(C(C)NC(C)c2cc(F)c(C)cc2F)s1. The molecule has 114 valence electrons. The lowest BCUT2D eigenvalue weighted by Gasteiger charge is -2.19. The number of aryl methyl sites for hydroxylation is 2. The molecular formula is C16H20F2N2S. The molecule has 2 rings (SSSR count). The van der Waals surface area contributed by atoms with Gasteiger partial charge in [0.15, 0.2) is 0 Å². The molecule has 0 saturated carbocycles. The lowest BCUT2D eigenvalue weighted by Crippen LogP contribution is -2.23. The molecule has 0 aliphatic carbocycles. The number of benzene rings is 1. The number of nitrogens with zero attached hydrogens (tertiary/aromatic N) is 1. The van der Waals surface area contributed by atoms with E-state index < -0.39 is 0 Å². The van der Waals surface area contributed by atoms with Gasteiger partial charge in [-0.1, -0.05) is 6.92 Å². The summed E-state index contributed by atoms with van der Waals surface area (Å²) in [6.45, 7) is 7.46. The molecule has 2 aromatic rings. The average Bonchev–Trinajstić information content (AvgIpc) is 2.91. The molecule has 0 bridgehead atoms. The van der Waals surface area contributed by atoms with Crippen LogP contribution in [0.2, 0.25) is 0 Å². The highest BCUT2D eigenvalue weighted by atomic mass is 32.1. The molecule has 0 aliphatic rings. The predicted octanol–water partition coefficient (Wildman–Crippen LogP) is 4.70. The quantitative estimate of drug-likeness (QED) is 0.865. The largest absolute Gasteiger partial charge is 0.301 e. The maximum Gasteiger partial charge on any atom is 0.128 e. The van der Waals surface area contributed by atoms with Crippen molar-refractivity contribution in [3.63, 3.8) is 0 Å². The first kappa shape index (κ1) is 16.0. The van der Waals surface area contributed by atoms with E-state index in [1.165, 1.54) is 17.0 Å². The number of rotatable bonds is 5. The van der Waals surface area contributed by atoms with Crippen LogP contribution in [0.5, 0.6) is 0 Å². The lowest BCUT2D eigenvalue weighted by molar-refractivity contribution is 0.468. The van der Waals surface area contributed by atoms with Gasteiger partial charge >= 0.3 is 0 Å². The molecule has 1 N–H and O–H groups in total. The molecule has 21 heavy (non-hydrogen) atoms. The molecule has 5 heteroatoms. The highest BCUT2D eigenvalue weighted by Crippen LogP contribution is 2.26. The van der Waals surface area contributed by atoms with Gasteiger partial charge < -0.3 is 5.32 Å². The number of thiazole rings is 1. The number of hydrogen-bond donors (Lipinski definition) is 1. The van der Waals surface area contributed by atoms with Crippen LogP contribution >= 0.6 is 11.3 Å².